The van der Waals surface area contributed by atoms with Gasteiger partial charge in [-0.25, -0.2) is 0 Å². The lowest BCUT2D eigenvalue weighted by Gasteiger charge is -2.27. The molecule has 1 fully saturated rings. The normalized spacial score (nSPS) is 20.8. The minimum atomic E-state index is 0.0818. The molecule has 3 rings (SSSR count). The van der Waals surface area contributed by atoms with Crippen molar-refractivity contribution in [1.29, 1.82) is 0 Å². The topological polar surface area (TPSA) is 41.6 Å². The first-order chi connectivity index (χ1) is 10.2. The van der Waals surface area contributed by atoms with Gasteiger partial charge in [0.2, 0.25) is 0 Å². The highest BCUT2D eigenvalue weighted by Gasteiger charge is 2.31. The molecule has 2 heterocycles. The molecule has 4 nitrogen and oxygen atoms in total. The van der Waals surface area contributed by atoms with Crippen LogP contribution in [0.5, 0.6) is 5.75 Å². The number of rotatable bonds is 3. The third-order valence-corrected chi connectivity index (χ3v) is 4.27. The van der Waals surface area contributed by atoms with Crippen LogP contribution in [0.1, 0.15) is 18.4 Å². The number of amides is 1. The zero-order chi connectivity index (χ0) is 14.8. The summed E-state index contributed by atoms with van der Waals surface area (Å²) in [5, 5.41) is 3.81. The molecule has 1 amide bonds. The van der Waals surface area contributed by atoms with E-state index in [0.717, 1.165) is 37.2 Å². The number of carbonyl (C=O) groups is 1. The molecule has 112 valence electrons. The lowest BCUT2D eigenvalue weighted by molar-refractivity contribution is -0.128. The Balaban J connectivity index is 1.82. The summed E-state index contributed by atoms with van der Waals surface area (Å²) in [6.07, 6.45) is 4.03. The fourth-order valence-electron chi connectivity index (χ4n) is 3.01. The van der Waals surface area contributed by atoms with Gasteiger partial charge in [0.1, 0.15) is 12.4 Å². The van der Waals surface area contributed by atoms with E-state index in [9.17, 15) is 4.79 Å². The van der Waals surface area contributed by atoms with Crippen LogP contribution in [0.3, 0.4) is 0 Å². The number of hydrogen-bond acceptors (Lipinski definition) is 3. The number of hydrogen-bond donors (Lipinski definition) is 1. The zero-order valence-electron chi connectivity index (χ0n) is 12.1. The van der Waals surface area contributed by atoms with Gasteiger partial charge in [-0.1, -0.05) is 11.6 Å². The number of likely N-dealkylation sites (N-methyl/N-ethyl adjacent to an activating group) is 1. The lowest BCUT2D eigenvalue weighted by atomic mass is 10.1. The van der Waals surface area contributed by atoms with Gasteiger partial charge in [0.05, 0.1) is 5.57 Å². The highest BCUT2D eigenvalue weighted by molar-refractivity contribution is 6.30. The minimum Gasteiger partial charge on any atom is -0.488 e. The third-order valence-electron chi connectivity index (χ3n) is 4.04. The van der Waals surface area contributed by atoms with Crippen molar-refractivity contribution in [3.63, 3.8) is 0 Å². The first kappa shape index (κ1) is 14.4. The number of fused-ring (bicyclic) bond motifs is 1. The number of likely N-dealkylation sites (tertiary alicyclic amines) is 1. The maximum atomic E-state index is 12.7. The Morgan fingerprint density at radius 3 is 3.19 bits per heavy atom. The summed E-state index contributed by atoms with van der Waals surface area (Å²) in [6, 6.07) is 5.75. The van der Waals surface area contributed by atoms with Crippen molar-refractivity contribution in [2.75, 3.05) is 26.7 Å². The number of ether oxygens (including phenoxy) is 1. The molecule has 2 aliphatic heterocycles. The van der Waals surface area contributed by atoms with Gasteiger partial charge in [0.15, 0.2) is 0 Å². The van der Waals surface area contributed by atoms with Gasteiger partial charge in [0, 0.05) is 29.7 Å². The fraction of sp³-hybridized carbons (Fsp3) is 0.438. The second-order valence-corrected chi connectivity index (χ2v) is 5.93. The summed E-state index contributed by atoms with van der Waals surface area (Å²) in [4.78, 5) is 14.7. The van der Waals surface area contributed by atoms with Crippen LogP contribution in [0.15, 0.2) is 23.8 Å². The van der Waals surface area contributed by atoms with Crippen molar-refractivity contribution in [3.8, 4) is 5.75 Å². The second-order valence-electron chi connectivity index (χ2n) is 5.49. The van der Waals surface area contributed by atoms with E-state index in [2.05, 4.69) is 5.32 Å². The van der Waals surface area contributed by atoms with Gasteiger partial charge in [-0.3, -0.25) is 4.79 Å². The highest BCUT2D eigenvalue weighted by atomic mass is 35.5. The van der Waals surface area contributed by atoms with Gasteiger partial charge < -0.3 is 15.0 Å². The number of nitrogens with one attached hydrogen (secondary N) is 1. The molecule has 0 bridgehead atoms. The van der Waals surface area contributed by atoms with Crippen molar-refractivity contribution < 1.29 is 9.53 Å². The van der Waals surface area contributed by atoms with Gasteiger partial charge in [-0.2, -0.15) is 0 Å². The van der Waals surface area contributed by atoms with E-state index in [1.807, 2.05) is 30.2 Å². The summed E-state index contributed by atoms with van der Waals surface area (Å²) in [7, 11) is 1.92. The van der Waals surface area contributed by atoms with Crippen LogP contribution < -0.4 is 10.1 Å². The molecule has 1 unspecified atom stereocenters. The Hall–Kier alpha value is -1.52. The van der Waals surface area contributed by atoms with Gasteiger partial charge in [0.25, 0.3) is 5.91 Å². The largest absolute Gasteiger partial charge is 0.488 e. The maximum Gasteiger partial charge on any atom is 0.253 e. The van der Waals surface area contributed by atoms with Crippen LogP contribution in [0.4, 0.5) is 0 Å². The molecule has 1 saturated heterocycles. The fourth-order valence-corrected chi connectivity index (χ4v) is 3.19. The van der Waals surface area contributed by atoms with Crippen LogP contribution in [-0.4, -0.2) is 43.6 Å². The molecule has 21 heavy (non-hydrogen) atoms. The van der Waals surface area contributed by atoms with E-state index in [1.54, 1.807) is 6.07 Å². The summed E-state index contributed by atoms with van der Waals surface area (Å²) in [5.41, 5.74) is 1.58. The van der Waals surface area contributed by atoms with E-state index >= 15 is 0 Å². The molecule has 5 heteroatoms. The predicted molar refractivity (Wildman–Crippen MR) is 83.6 cm³/mol. The van der Waals surface area contributed by atoms with Crippen molar-refractivity contribution >= 4 is 23.6 Å². The molecule has 1 N–H and O–H groups in total. The predicted octanol–water partition coefficient (Wildman–Crippen LogP) is 2.33. The monoisotopic (exact) mass is 306 g/mol. The standard InChI is InChI=1S/C16H19ClN2O2/c1-18-9-14-3-2-6-19(14)16(20)12-7-11-8-13(17)4-5-15(11)21-10-12/h4-5,7-8,14,18H,2-3,6,9-10H2,1H3. The number of nitrogens with zero attached hydrogens (tertiary/aromatic N) is 1. The van der Waals surface area contributed by atoms with Crippen LogP contribution in [-0.2, 0) is 4.79 Å². The summed E-state index contributed by atoms with van der Waals surface area (Å²) in [5.74, 6) is 0.863. The zero-order valence-corrected chi connectivity index (χ0v) is 12.8. The second kappa shape index (κ2) is 6.08. The SMILES string of the molecule is CNCC1CCCN1C(=O)C1=Cc2cc(Cl)ccc2OC1. The molecule has 1 aromatic carbocycles. The van der Waals surface area contributed by atoms with Crippen LogP contribution in [0.25, 0.3) is 6.08 Å². The van der Waals surface area contributed by atoms with Crippen LogP contribution in [0, 0.1) is 0 Å². The number of benzene rings is 1. The molecular weight excluding hydrogens is 288 g/mol. The van der Waals surface area contributed by atoms with Crippen molar-refractivity contribution in [2.45, 2.75) is 18.9 Å². The Labute approximate surface area is 129 Å². The third kappa shape index (κ3) is 2.92. The molecule has 0 aromatic heterocycles. The molecule has 1 aromatic rings. The molecule has 0 radical (unpaired) electrons. The van der Waals surface area contributed by atoms with E-state index in [-0.39, 0.29) is 11.9 Å². The molecule has 0 spiro atoms. The summed E-state index contributed by atoms with van der Waals surface area (Å²) >= 11 is 6.01. The first-order valence-corrected chi connectivity index (χ1v) is 7.65. The average Bonchev–Trinajstić information content (AvgIpc) is 2.94. The van der Waals surface area contributed by atoms with Crippen molar-refractivity contribution in [3.05, 3.63) is 34.4 Å². The first-order valence-electron chi connectivity index (χ1n) is 7.27. The summed E-state index contributed by atoms with van der Waals surface area (Å²) < 4.78 is 5.68. The summed E-state index contributed by atoms with van der Waals surface area (Å²) in [6.45, 7) is 1.99. The van der Waals surface area contributed by atoms with E-state index in [0.29, 0.717) is 17.2 Å². The minimum absolute atomic E-state index is 0.0818. The number of carbonyl (C=O) groups excluding carboxylic acids is 1. The Morgan fingerprint density at radius 1 is 1.52 bits per heavy atom. The molecule has 2 aliphatic rings. The Kier molecular flexibility index (Phi) is 4.17. The molecular formula is C16H19ClN2O2. The van der Waals surface area contributed by atoms with Crippen LogP contribution >= 0.6 is 11.6 Å². The Bertz CT molecular complexity index is 586. The highest BCUT2D eigenvalue weighted by Crippen LogP contribution is 2.30. The van der Waals surface area contributed by atoms with Crippen molar-refractivity contribution in [1.82, 2.24) is 10.2 Å². The van der Waals surface area contributed by atoms with Gasteiger partial charge in [-0.05, 0) is 44.2 Å². The average molecular weight is 307 g/mol. The van der Waals surface area contributed by atoms with E-state index < -0.39 is 0 Å². The molecule has 1 atom stereocenters. The molecule has 0 aliphatic carbocycles. The lowest BCUT2D eigenvalue weighted by Crippen LogP contribution is -2.42. The quantitative estimate of drug-likeness (QED) is 0.932. The van der Waals surface area contributed by atoms with Gasteiger partial charge in [-0.15, -0.1) is 0 Å². The van der Waals surface area contributed by atoms with E-state index in [1.165, 1.54) is 0 Å². The van der Waals surface area contributed by atoms with Crippen molar-refractivity contribution in [2.24, 2.45) is 0 Å². The Morgan fingerprint density at radius 2 is 2.38 bits per heavy atom. The molecule has 0 saturated carbocycles. The van der Waals surface area contributed by atoms with Crippen LogP contribution in [0.2, 0.25) is 5.02 Å². The van der Waals surface area contributed by atoms with Gasteiger partial charge >= 0.3 is 0 Å². The smallest absolute Gasteiger partial charge is 0.253 e. The van der Waals surface area contributed by atoms with E-state index in [4.69, 9.17) is 16.3 Å². The number of halogens is 1. The maximum absolute atomic E-state index is 12.7.